The van der Waals surface area contributed by atoms with Crippen molar-refractivity contribution in [1.82, 2.24) is 19.7 Å². The number of likely N-dealkylation sites (tertiary alicyclic amines) is 1. The highest BCUT2D eigenvalue weighted by Gasteiger charge is 2.47. The maximum absolute atomic E-state index is 9.23. The van der Waals surface area contributed by atoms with E-state index >= 15 is 0 Å². The molecule has 0 amide bonds. The van der Waals surface area contributed by atoms with E-state index in [4.69, 9.17) is 9.84 Å². The van der Waals surface area contributed by atoms with Crippen molar-refractivity contribution in [2.75, 3.05) is 13.1 Å². The lowest BCUT2D eigenvalue weighted by atomic mass is 9.82. The van der Waals surface area contributed by atoms with E-state index in [1.165, 1.54) is 5.69 Å². The standard InChI is InChI=1S/C26H22N6O/c27-18-29-25(33-21-7-2-1-3-8-21)31-12-10-26(17-31)11-13-32-24(26)15-23(30-32)20-14-19-6-4-5-9-22(19)28-16-20/h1-9,14-16H,10-13,17H2. The van der Waals surface area contributed by atoms with Gasteiger partial charge in [-0.05, 0) is 43.2 Å². The van der Waals surface area contributed by atoms with Crippen molar-refractivity contribution in [3.05, 3.63) is 78.6 Å². The molecular weight excluding hydrogens is 412 g/mol. The summed E-state index contributed by atoms with van der Waals surface area (Å²) in [6.45, 7) is 2.42. The molecule has 1 unspecified atom stereocenters. The van der Waals surface area contributed by atoms with Crippen LogP contribution in [0, 0.1) is 11.5 Å². The summed E-state index contributed by atoms with van der Waals surface area (Å²) in [5, 5.41) is 15.2. The van der Waals surface area contributed by atoms with Gasteiger partial charge in [0, 0.05) is 47.9 Å². The Hall–Kier alpha value is -4.18. The average Bonchev–Trinajstić information content (AvgIpc) is 3.56. The fourth-order valence-corrected chi connectivity index (χ4v) is 5.06. The van der Waals surface area contributed by atoms with E-state index in [1.54, 1.807) is 0 Å². The summed E-state index contributed by atoms with van der Waals surface area (Å²) in [5.74, 6) is 0.676. The lowest BCUT2D eigenvalue weighted by Crippen LogP contribution is -2.36. The fraction of sp³-hybridized carbons (Fsp3) is 0.231. The molecule has 4 heterocycles. The first-order chi connectivity index (χ1) is 16.2. The highest BCUT2D eigenvalue weighted by molar-refractivity contribution is 5.83. The summed E-state index contributed by atoms with van der Waals surface area (Å²) in [7, 11) is 0. The Kier molecular flexibility index (Phi) is 4.58. The number of benzene rings is 2. The number of ether oxygens (including phenoxy) is 1. The van der Waals surface area contributed by atoms with Gasteiger partial charge in [-0.3, -0.25) is 9.67 Å². The molecule has 2 aromatic heterocycles. The second kappa shape index (κ2) is 7.75. The maximum atomic E-state index is 9.23. The van der Waals surface area contributed by atoms with Crippen molar-refractivity contribution in [2.24, 2.45) is 4.99 Å². The number of aliphatic imine (C=N–C) groups is 1. The SMILES string of the molecule is N#CN=C(Oc1ccccc1)N1CCC2(CCn3nc(-c4cnc5ccccc5c4)cc32)C1. The summed E-state index contributed by atoms with van der Waals surface area (Å²) in [6.07, 6.45) is 5.79. The van der Waals surface area contributed by atoms with Crippen LogP contribution in [0.25, 0.3) is 22.2 Å². The summed E-state index contributed by atoms with van der Waals surface area (Å²) in [5.41, 5.74) is 4.18. The second-order valence-corrected chi connectivity index (χ2v) is 8.67. The third-order valence-electron chi connectivity index (χ3n) is 6.73. The molecule has 0 bridgehead atoms. The smallest absolute Gasteiger partial charge is 0.308 e. The summed E-state index contributed by atoms with van der Waals surface area (Å²) < 4.78 is 8.10. The lowest BCUT2D eigenvalue weighted by molar-refractivity contribution is 0.361. The minimum absolute atomic E-state index is 0.0220. The minimum atomic E-state index is -0.0220. The molecule has 7 heteroatoms. The molecule has 4 aromatic rings. The van der Waals surface area contributed by atoms with Crippen LogP contribution in [0.4, 0.5) is 0 Å². The molecule has 2 aliphatic heterocycles. The van der Waals surface area contributed by atoms with Gasteiger partial charge in [0.25, 0.3) is 0 Å². The first kappa shape index (κ1) is 19.5. The van der Waals surface area contributed by atoms with Gasteiger partial charge in [-0.25, -0.2) is 0 Å². The monoisotopic (exact) mass is 434 g/mol. The van der Waals surface area contributed by atoms with Gasteiger partial charge in [-0.1, -0.05) is 36.4 Å². The zero-order chi connectivity index (χ0) is 22.3. The van der Waals surface area contributed by atoms with Crippen LogP contribution >= 0.6 is 0 Å². The molecular formula is C26H22N6O. The van der Waals surface area contributed by atoms with E-state index in [2.05, 4.69) is 37.8 Å². The molecule has 1 saturated heterocycles. The van der Waals surface area contributed by atoms with Gasteiger partial charge in [0.15, 0.2) is 0 Å². The van der Waals surface area contributed by atoms with Crippen molar-refractivity contribution >= 4 is 16.9 Å². The molecule has 1 spiro atoms. The van der Waals surface area contributed by atoms with Gasteiger partial charge in [0.1, 0.15) is 5.75 Å². The quantitative estimate of drug-likeness (QED) is 0.266. The fourth-order valence-electron chi connectivity index (χ4n) is 5.06. The molecule has 7 nitrogen and oxygen atoms in total. The predicted molar refractivity (Wildman–Crippen MR) is 126 cm³/mol. The van der Waals surface area contributed by atoms with Crippen molar-refractivity contribution in [3.8, 4) is 23.2 Å². The Labute approximate surface area is 191 Å². The first-order valence-corrected chi connectivity index (χ1v) is 11.1. The van der Waals surface area contributed by atoms with E-state index in [9.17, 15) is 5.26 Å². The first-order valence-electron chi connectivity index (χ1n) is 11.1. The number of hydrogen-bond donors (Lipinski definition) is 0. The van der Waals surface area contributed by atoms with E-state index in [0.29, 0.717) is 11.8 Å². The average molecular weight is 435 g/mol. The van der Waals surface area contributed by atoms with Crippen LogP contribution in [0.3, 0.4) is 0 Å². The Morgan fingerprint density at radius 3 is 2.73 bits per heavy atom. The van der Waals surface area contributed by atoms with Gasteiger partial charge >= 0.3 is 6.02 Å². The van der Waals surface area contributed by atoms with Crippen LogP contribution < -0.4 is 4.74 Å². The number of aryl methyl sites for hydroxylation is 1. The number of rotatable bonds is 2. The lowest BCUT2D eigenvalue weighted by Gasteiger charge is -2.24. The second-order valence-electron chi connectivity index (χ2n) is 8.67. The third-order valence-corrected chi connectivity index (χ3v) is 6.73. The molecule has 2 aromatic carbocycles. The number of para-hydroxylation sites is 2. The number of pyridine rings is 1. The molecule has 0 radical (unpaired) electrons. The summed E-state index contributed by atoms with van der Waals surface area (Å²) in [6, 6.07) is 22.3. The van der Waals surface area contributed by atoms with Gasteiger partial charge in [-0.15, -0.1) is 4.99 Å². The van der Waals surface area contributed by atoms with Gasteiger partial charge < -0.3 is 9.64 Å². The zero-order valence-electron chi connectivity index (χ0n) is 18.1. The molecule has 162 valence electrons. The van der Waals surface area contributed by atoms with Crippen molar-refractivity contribution in [3.63, 3.8) is 0 Å². The van der Waals surface area contributed by atoms with Crippen molar-refractivity contribution < 1.29 is 4.74 Å². The van der Waals surface area contributed by atoms with Gasteiger partial charge in [0.05, 0.1) is 11.2 Å². The Balaban J connectivity index is 1.28. The van der Waals surface area contributed by atoms with E-state index in [0.717, 1.165) is 54.6 Å². The molecule has 2 aliphatic rings. The topological polar surface area (TPSA) is 79.3 Å². The van der Waals surface area contributed by atoms with E-state index in [-0.39, 0.29) is 5.41 Å². The molecule has 1 atom stereocenters. The van der Waals surface area contributed by atoms with Crippen molar-refractivity contribution in [1.29, 1.82) is 5.26 Å². The van der Waals surface area contributed by atoms with Crippen LogP contribution in [0.15, 0.2) is 77.9 Å². The van der Waals surface area contributed by atoms with Gasteiger partial charge in [0.2, 0.25) is 6.19 Å². The minimum Gasteiger partial charge on any atom is -0.425 e. The summed E-state index contributed by atoms with van der Waals surface area (Å²) in [4.78, 5) is 10.7. The number of aromatic nitrogens is 3. The molecule has 1 fully saturated rings. The van der Waals surface area contributed by atoms with E-state index in [1.807, 2.05) is 60.9 Å². The highest BCUT2D eigenvalue weighted by atomic mass is 16.5. The number of nitriles is 1. The molecule has 6 rings (SSSR count). The largest absolute Gasteiger partial charge is 0.425 e. The molecule has 0 N–H and O–H groups in total. The molecule has 0 saturated carbocycles. The predicted octanol–water partition coefficient (Wildman–Crippen LogP) is 4.36. The number of fused-ring (bicyclic) bond motifs is 3. The van der Waals surface area contributed by atoms with Crippen LogP contribution in [-0.4, -0.2) is 38.8 Å². The Bertz CT molecular complexity index is 1400. The van der Waals surface area contributed by atoms with Crippen LogP contribution in [0.1, 0.15) is 18.5 Å². The van der Waals surface area contributed by atoms with Crippen LogP contribution in [0.2, 0.25) is 0 Å². The summed E-state index contributed by atoms with van der Waals surface area (Å²) >= 11 is 0. The normalized spacial score (nSPS) is 19.7. The van der Waals surface area contributed by atoms with Crippen LogP contribution in [0.5, 0.6) is 5.75 Å². The number of nitrogens with zero attached hydrogens (tertiary/aromatic N) is 6. The maximum Gasteiger partial charge on any atom is 0.308 e. The number of hydrogen-bond acceptors (Lipinski definition) is 5. The molecule has 33 heavy (non-hydrogen) atoms. The van der Waals surface area contributed by atoms with E-state index < -0.39 is 0 Å². The Morgan fingerprint density at radius 1 is 1.03 bits per heavy atom. The highest BCUT2D eigenvalue weighted by Crippen LogP contribution is 2.44. The van der Waals surface area contributed by atoms with Crippen LogP contribution in [-0.2, 0) is 12.0 Å². The third kappa shape index (κ3) is 3.40. The molecule has 0 aliphatic carbocycles. The van der Waals surface area contributed by atoms with Crippen molar-refractivity contribution in [2.45, 2.75) is 24.8 Å². The Morgan fingerprint density at radius 2 is 1.85 bits per heavy atom. The number of amidine groups is 1. The van der Waals surface area contributed by atoms with Gasteiger partial charge in [-0.2, -0.15) is 10.4 Å². The zero-order valence-corrected chi connectivity index (χ0v) is 18.1.